The Balaban J connectivity index is 1.33. The first kappa shape index (κ1) is 20.4. The third-order valence-electron chi connectivity index (χ3n) is 6.25. The molecule has 0 radical (unpaired) electrons. The number of H-pyrrole nitrogens is 1. The van der Waals surface area contributed by atoms with E-state index in [1.165, 1.54) is 5.69 Å². The molecule has 29 heavy (non-hydrogen) atoms. The monoisotopic (exact) mass is 414 g/mol. The summed E-state index contributed by atoms with van der Waals surface area (Å²) in [6, 6.07) is 8.15. The van der Waals surface area contributed by atoms with E-state index in [0.29, 0.717) is 0 Å². The predicted molar refractivity (Wildman–Crippen MR) is 119 cm³/mol. The molecular weight excluding hydrogens is 384 g/mol. The lowest BCUT2D eigenvalue weighted by Crippen LogP contribution is -2.59. The number of benzene rings is 1. The van der Waals surface area contributed by atoms with Crippen molar-refractivity contribution in [2.45, 2.75) is 57.9 Å². The summed E-state index contributed by atoms with van der Waals surface area (Å²) in [5.41, 5.74) is 3.33. The van der Waals surface area contributed by atoms with Gasteiger partial charge in [-0.25, -0.2) is 4.98 Å². The van der Waals surface area contributed by atoms with Crippen LogP contribution in [-0.4, -0.2) is 46.6 Å². The quantitative estimate of drug-likeness (QED) is 0.807. The van der Waals surface area contributed by atoms with Gasteiger partial charge in [0.2, 0.25) is 0 Å². The zero-order valence-corrected chi connectivity index (χ0v) is 18.3. The molecule has 2 aromatic rings. The zero-order chi connectivity index (χ0) is 20.4. The van der Waals surface area contributed by atoms with Gasteiger partial charge in [-0.15, -0.1) is 0 Å². The Labute approximate surface area is 178 Å². The van der Waals surface area contributed by atoms with Crippen molar-refractivity contribution in [1.29, 1.82) is 0 Å². The third kappa shape index (κ3) is 4.67. The van der Waals surface area contributed by atoms with E-state index in [2.05, 4.69) is 40.8 Å². The molecule has 1 fully saturated rings. The topological polar surface area (TPSA) is 52.2 Å². The van der Waals surface area contributed by atoms with Gasteiger partial charge in [0.25, 0.3) is 5.56 Å². The van der Waals surface area contributed by atoms with Crippen molar-refractivity contribution in [2.24, 2.45) is 0 Å². The standard InChI is InChI=1S/C23H31ClN4O/c1-23(2)16-27(14-15-28(23)18-11-9-17(24)10-12-18)13-5-8-21-25-20-7-4-3-6-19(20)22(29)26-21/h9-12H,3-8,13-16H2,1-2H3,(H,25,26,29). The average molecular weight is 415 g/mol. The Kier molecular flexibility index (Phi) is 5.98. The van der Waals surface area contributed by atoms with E-state index in [1.807, 2.05) is 12.1 Å². The molecule has 0 saturated carbocycles. The van der Waals surface area contributed by atoms with E-state index in [1.54, 1.807) is 0 Å². The summed E-state index contributed by atoms with van der Waals surface area (Å²) in [4.78, 5) is 25.1. The molecule has 1 aliphatic carbocycles. The molecule has 0 bridgehead atoms. The van der Waals surface area contributed by atoms with Gasteiger partial charge in [-0.1, -0.05) is 11.6 Å². The molecule has 5 nitrogen and oxygen atoms in total. The minimum atomic E-state index is 0.0600. The number of aryl methyl sites for hydroxylation is 2. The summed E-state index contributed by atoms with van der Waals surface area (Å²) in [6.45, 7) is 8.69. The van der Waals surface area contributed by atoms with Crippen molar-refractivity contribution in [3.63, 3.8) is 0 Å². The lowest BCUT2D eigenvalue weighted by atomic mass is 9.97. The number of fused-ring (bicyclic) bond motifs is 1. The van der Waals surface area contributed by atoms with Crippen LogP contribution in [0.15, 0.2) is 29.1 Å². The van der Waals surface area contributed by atoms with Crippen LogP contribution >= 0.6 is 11.6 Å². The molecule has 0 spiro atoms. The summed E-state index contributed by atoms with van der Waals surface area (Å²) in [6.07, 6.45) is 5.93. The number of aromatic nitrogens is 2. The van der Waals surface area contributed by atoms with Crippen molar-refractivity contribution in [2.75, 3.05) is 31.1 Å². The molecule has 0 amide bonds. The zero-order valence-electron chi connectivity index (χ0n) is 17.5. The van der Waals surface area contributed by atoms with Crippen molar-refractivity contribution < 1.29 is 0 Å². The molecule has 1 N–H and O–H groups in total. The number of nitrogens with zero attached hydrogens (tertiary/aromatic N) is 3. The smallest absolute Gasteiger partial charge is 0.254 e. The number of hydrogen-bond acceptors (Lipinski definition) is 4. The Bertz CT molecular complexity index is 906. The Morgan fingerprint density at radius 3 is 2.66 bits per heavy atom. The summed E-state index contributed by atoms with van der Waals surface area (Å²) < 4.78 is 0. The molecule has 0 atom stereocenters. The lowest BCUT2D eigenvalue weighted by Gasteiger charge is -2.48. The Morgan fingerprint density at radius 2 is 1.90 bits per heavy atom. The van der Waals surface area contributed by atoms with E-state index in [-0.39, 0.29) is 11.1 Å². The molecule has 2 aliphatic rings. The van der Waals surface area contributed by atoms with E-state index in [9.17, 15) is 4.79 Å². The maximum atomic E-state index is 12.3. The first-order chi connectivity index (χ1) is 13.9. The molecule has 6 heteroatoms. The second kappa shape index (κ2) is 8.49. The van der Waals surface area contributed by atoms with Gasteiger partial charge >= 0.3 is 0 Å². The van der Waals surface area contributed by atoms with Crippen LogP contribution in [0.4, 0.5) is 5.69 Å². The minimum absolute atomic E-state index is 0.0600. The molecule has 4 rings (SSSR count). The summed E-state index contributed by atoms with van der Waals surface area (Å²) in [5, 5.41) is 0.777. The van der Waals surface area contributed by atoms with Crippen LogP contribution in [0.3, 0.4) is 0 Å². The molecule has 1 saturated heterocycles. The van der Waals surface area contributed by atoms with Gasteiger partial charge in [0.1, 0.15) is 5.82 Å². The summed E-state index contributed by atoms with van der Waals surface area (Å²) >= 11 is 6.05. The molecule has 1 aromatic carbocycles. The largest absolute Gasteiger partial charge is 0.364 e. The Morgan fingerprint density at radius 1 is 1.14 bits per heavy atom. The first-order valence-corrected chi connectivity index (χ1v) is 11.2. The normalized spacial score (nSPS) is 19.2. The van der Waals surface area contributed by atoms with Crippen LogP contribution in [0, 0.1) is 0 Å². The molecule has 1 aliphatic heterocycles. The third-order valence-corrected chi connectivity index (χ3v) is 6.50. The summed E-state index contributed by atoms with van der Waals surface area (Å²) in [5.74, 6) is 0.856. The SMILES string of the molecule is CC1(C)CN(CCCc2nc3c(c(=O)[nH]2)CCCC3)CCN1c1ccc(Cl)cc1. The van der Waals surface area contributed by atoms with Gasteiger partial charge < -0.3 is 9.88 Å². The van der Waals surface area contributed by atoms with E-state index in [4.69, 9.17) is 16.6 Å². The maximum absolute atomic E-state index is 12.3. The highest BCUT2D eigenvalue weighted by molar-refractivity contribution is 6.30. The second-order valence-corrected chi connectivity index (χ2v) is 9.40. The number of aromatic amines is 1. The fraction of sp³-hybridized carbons (Fsp3) is 0.565. The number of rotatable bonds is 5. The van der Waals surface area contributed by atoms with Gasteiger partial charge in [-0.3, -0.25) is 9.69 Å². The van der Waals surface area contributed by atoms with Gasteiger partial charge in [0.15, 0.2) is 0 Å². The molecule has 2 heterocycles. The lowest BCUT2D eigenvalue weighted by molar-refractivity contribution is 0.181. The highest BCUT2D eigenvalue weighted by atomic mass is 35.5. The van der Waals surface area contributed by atoms with Crippen LogP contribution < -0.4 is 10.5 Å². The van der Waals surface area contributed by atoms with E-state index < -0.39 is 0 Å². The van der Waals surface area contributed by atoms with Gasteiger partial charge in [0, 0.05) is 47.9 Å². The predicted octanol–water partition coefficient (Wildman–Crippen LogP) is 3.84. The second-order valence-electron chi connectivity index (χ2n) is 8.97. The van der Waals surface area contributed by atoms with Crippen LogP contribution in [0.2, 0.25) is 5.02 Å². The number of anilines is 1. The summed E-state index contributed by atoms with van der Waals surface area (Å²) in [7, 11) is 0. The fourth-order valence-corrected chi connectivity index (χ4v) is 4.92. The minimum Gasteiger partial charge on any atom is -0.364 e. The van der Waals surface area contributed by atoms with Crippen LogP contribution in [0.25, 0.3) is 0 Å². The van der Waals surface area contributed by atoms with E-state index >= 15 is 0 Å². The molecule has 1 aromatic heterocycles. The Hall–Kier alpha value is -1.85. The number of hydrogen-bond donors (Lipinski definition) is 1. The van der Waals surface area contributed by atoms with Crippen LogP contribution in [0.1, 0.15) is 50.2 Å². The van der Waals surface area contributed by atoms with Crippen molar-refractivity contribution in [3.05, 3.63) is 56.7 Å². The number of piperazine rings is 1. The fourth-order valence-electron chi connectivity index (χ4n) is 4.79. The van der Waals surface area contributed by atoms with Crippen molar-refractivity contribution >= 4 is 17.3 Å². The van der Waals surface area contributed by atoms with Gasteiger partial charge in [0.05, 0.1) is 5.69 Å². The van der Waals surface area contributed by atoms with E-state index in [0.717, 1.165) is 86.8 Å². The van der Waals surface area contributed by atoms with Gasteiger partial charge in [-0.2, -0.15) is 0 Å². The number of nitrogens with one attached hydrogen (secondary N) is 1. The molecular formula is C23H31ClN4O. The highest BCUT2D eigenvalue weighted by Gasteiger charge is 2.33. The first-order valence-electron chi connectivity index (χ1n) is 10.8. The maximum Gasteiger partial charge on any atom is 0.254 e. The van der Waals surface area contributed by atoms with Crippen LogP contribution in [0.5, 0.6) is 0 Å². The van der Waals surface area contributed by atoms with Crippen molar-refractivity contribution in [1.82, 2.24) is 14.9 Å². The van der Waals surface area contributed by atoms with Crippen LogP contribution in [-0.2, 0) is 19.3 Å². The molecule has 0 unspecified atom stereocenters. The highest BCUT2D eigenvalue weighted by Crippen LogP contribution is 2.29. The molecule has 156 valence electrons. The van der Waals surface area contributed by atoms with Gasteiger partial charge in [-0.05, 0) is 76.8 Å². The van der Waals surface area contributed by atoms with Crippen molar-refractivity contribution in [3.8, 4) is 0 Å². The number of halogens is 1. The average Bonchev–Trinajstić information content (AvgIpc) is 2.68.